The summed E-state index contributed by atoms with van der Waals surface area (Å²) in [5.41, 5.74) is 2.79. The van der Waals surface area contributed by atoms with Gasteiger partial charge >= 0.3 is 0 Å². The third kappa shape index (κ3) is 2.58. The van der Waals surface area contributed by atoms with Crippen molar-refractivity contribution in [2.75, 3.05) is 6.79 Å². The fraction of sp³-hybridized carbons (Fsp3) is 0.474. The highest BCUT2D eigenvalue weighted by Crippen LogP contribution is 2.38. The van der Waals surface area contributed by atoms with E-state index in [4.69, 9.17) is 9.47 Å². The zero-order chi connectivity index (χ0) is 14.1. The van der Waals surface area contributed by atoms with Crippen LogP contribution in [0.15, 0.2) is 48.6 Å². The minimum absolute atomic E-state index is 0.222. The summed E-state index contributed by atoms with van der Waals surface area (Å²) in [5.74, 6) is 1.22. The Morgan fingerprint density at radius 1 is 0.952 bits per heavy atom. The van der Waals surface area contributed by atoms with Crippen molar-refractivity contribution in [2.24, 2.45) is 11.8 Å². The summed E-state index contributed by atoms with van der Waals surface area (Å²) in [5, 5.41) is 0. The molecule has 2 heteroatoms. The van der Waals surface area contributed by atoms with Gasteiger partial charge in [-0.2, -0.15) is 0 Å². The first-order valence-electron chi connectivity index (χ1n) is 8.08. The first-order chi connectivity index (χ1) is 10.4. The molecule has 4 atom stereocenters. The summed E-state index contributed by atoms with van der Waals surface area (Å²) < 4.78 is 12.0. The Labute approximate surface area is 126 Å². The van der Waals surface area contributed by atoms with Gasteiger partial charge in [-0.1, -0.05) is 48.6 Å². The topological polar surface area (TPSA) is 18.5 Å². The molecule has 21 heavy (non-hydrogen) atoms. The molecule has 1 aromatic rings. The van der Waals surface area contributed by atoms with Crippen molar-refractivity contribution in [3.63, 3.8) is 0 Å². The molecule has 1 aromatic carbocycles. The predicted molar refractivity (Wildman–Crippen MR) is 82.8 cm³/mol. The number of allylic oxidation sites excluding steroid dienone is 3. The summed E-state index contributed by atoms with van der Waals surface area (Å²) in [6, 6.07) is 8.61. The van der Waals surface area contributed by atoms with E-state index in [2.05, 4.69) is 48.6 Å². The average Bonchev–Trinajstić information content (AvgIpc) is 3.13. The van der Waals surface area contributed by atoms with Gasteiger partial charge in [0.2, 0.25) is 0 Å². The molecule has 3 aliphatic carbocycles. The van der Waals surface area contributed by atoms with Gasteiger partial charge in [0.15, 0.2) is 0 Å². The van der Waals surface area contributed by atoms with Gasteiger partial charge in [-0.3, -0.25) is 0 Å². The van der Waals surface area contributed by atoms with E-state index in [0.717, 1.165) is 19.3 Å². The van der Waals surface area contributed by atoms with Gasteiger partial charge in [-0.15, -0.1) is 0 Å². The summed E-state index contributed by atoms with van der Waals surface area (Å²) >= 11 is 0. The molecule has 0 amide bonds. The summed E-state index contributed by atoms with van der Waals surface area (Å²) in [4.78, 5) is 0. The van der Waals surface area contributed by atoms with Gasteiger partial charge in [0.05, 0.1) is 12.2 Å². The average molecular weight is 282 g/mol. The zero-order valence-electron chi connectivity index (χ0n) is 12.3. The number of fused-ring (bicyclic) bond motifs is 2. The van der Waals surface area contributed by atoms with Crippen LogP contribution in [0.25, 0.3) is 0 Å². The second-order valence-electron chi connectivity index (χ2n) is 6.30. The minimum Gasteiger partial charge on any atom is -0.352 e. The third-order valence-electron chi connectivity index (χ3n) is 5.14. The molecule has 4 unspecified atom stereocenters. The minimum atomic E-state index is 0.222. The van der Waals surface area contributed by atoms with Crippen LogP contribution >= 0.6 is 0 Å². The summed E-state index contributed by atoms with van der Waals surface area (Å²) in [7, 11) is 0. The van der Waals surface area contributed by atoms with E-state index >= 15 is 0 Å². The van der Waals surface area contributed by atoms with Crippen LogP contribution in [0.5, 0.6) is 0 Å². The number of aryl methyl sites for hydroxylation is 1. The molecule has 0 heterocycles. The Kier molecular flexibility index (Phi) is 3.66. The normalized spacial score (nSPS) is 33.1. The fourth-order valence-corrected chi connectivity index (χ4v) is 4.00. The molecular formula is C19H22O2. The molecule has 0 spiro atoms. The van der Waals surface area contributed by atoms with Crippen LogP contribution in [-0.4, -0.2) is 12.9 Å². The van der Waals surface area contributed by atoms with E-state index < -0.39 is 0 Å². The molecule has 0 N–H and O–H groups in total. The standard InChI is InChI=1S/C19H22O2/c1-3-7-16-14(5-1)9-11-18(16)20-13-21-19-12-10-15-6-2-4-8-17(15)19/h1-8,14,16,18-19H,9-13H2. The van der Waals surface area contributed by atoms with Crippen LogP contribution in [0.2, 0.25) is 0 Å². The highest BCUT2D eigenvalue weighted by Gasteiger charge is 2.34. The lowest BCUT2D eigenvalue weighted by Crippen LogP contribution is -2.22. The van der Waals surface area contributed by atoms with E-state index in [1.54, 1.807) is 0 Å². The van der Waals surface area contributed by atoms with Crippen molar-refractivity contribution < 1.29 is 9.47 Å². The first kappa shape index (κ1) is 13.3. The van der Waals surface area contributed by atoms with Crippen molar-refractivity contribution in [1.82, 2.24) is 0 Å². The van der Waals surface area contributed by atoms with Gasteiger partial charge < -0.3 is 9.47 Å². The van der Waals surface area contributed by atoms with Gasteiger partial charge in [0, 0.05) is 5.92 Å². The lowest BCUT2D eigenvalue weighted by molar-refractivity contribution is -0.124. The monoisotopic (exact) mass is 282 g/mol. The molecule has 1 fully saturated rings. The van der Waals surface area contributed by atoms with Gasteiger partial charge in [-0.05, 0) is 42.7 Å². The Morgan fingerprint density at radius 3 is 2.86 bits per heavy atom. The number of rotatable bonds is 4. The largest absolute Gasteiger partial charge is 0.352 e. The highest BCUT2D eigenvalue weighted by atomic mass is 16.7. The summed E-state index contributed by atoms with van der Waals surface area (Å²) in [6.07, 6.45) is 14.1. The van der Waals surface area contributed by atoms with E-state index in [0.29, 0.717) is 24.7 Å². The van der Waals surface area contributed by atoms with E-state index in [1.165, 1.54) is 17.5 Å². The summed E-state index contributed by atoms with van der Waals surface area (Å²) in [6.45, 7) is 0.421. The maximum absolute atomic E-state index is 6.04. The van der Waals surface area contributed by atoms with Gasteiger partial charge in [0.1, 0.15) is 6.79 Å². The van der Waals surface area contributed by atoms with Crippen LogP contribution in [0.4, 0.5) is 0 Å². The van der Waals surface area contributed by atoms with Gasteiger partial charge in [-0.25, -0.2) is 0 Å². The van der Waals surface area contributed by atoms with Crippen molar-refractivity contribution in [1.29, 1.82) is 0 Å². The molecule has 0 bridgehead atoms. The molecule has 110 valence electrons. The number of hydrogen-bond donors (Lipinski definition) is 0. The fourth-order valence-electron chi connectivity index (χ4n) is 4.00. The SMILES string of the molecule is C1=CC2CCC(OCOC3CCc4ccccc43)C2C=C1. The molecule has 2 nitrogen and oxygen atoms in total. The molecule has 0 aromatic heterocycles. The number of ether oxygens (including phenoxy) is 2. The van der Waals surface area contributed by atoms with E-state index in [9.17, 15) is 0 Å². The van der Waals surface area contributed by atoms with Gasteiger partial charge in [0.25, 0.3) is 0 Å². The van der Waals surface area contributed by atoms with Crippen molar-refractivity contribution >= 4 is 0 Å². The van der Waals surface area contributed by atoms with E-state index in [1.807, 2.05) is 0 Å². The maximum atomic E-state index is 6.04. The van der Waals surface area contributed by atoms with Crippen LogP contribution in [0.1, 0.15) is 36.5 Å². The molecule has 0 radical (unpaired) electrons. The first-order valence-corrected chi connectivity index (χ1v) is 8.08. The second kappa shape index (κ2) is 5.78. The van der Waals surface area contributed by atoms with Crippen molar-refractivity contribution in [2.45, 2.75) is 37.9 Å². The van der Waals surface area contributed by atoms with Crippen LogP contribution < -0.4 is 0 Å². The molecule has 3 aliphatic rings. The molecule has 0 saturated heterocycles. The smallest absolute Gasteiger partial charge is 0.147 e. The van der Waals surface area contributed by atoms with Crippen molar-refractivity contribution in [3.05, 3.63) is 59.7 Å². The maximum Gasteiger partial charge on any atom is 0.147 e. The quantitative estimate of drug-likeness (QED) is 0.771. The predicted octanol–water partition coefficient (Wildman–Crippen LogP) is 4.19. The number of benzene rings is 1. The zero-order valence-corrected chi connectivity index (χ0v) is 12.3. The lowest BCUT2D eigenvalue weighted by Gasteiger charge is -2.23. The molecular weight excluding hydrogens is 260 g/mol. The van der Waals surface area contributed by atoms with Crippen LogP contribution in [-0.2, 0) is 15.9 Å². The lowest BCUT2D eigenvalue weighted by atomic mass is 9.91. The van der Waals surface area contributed by atoms with Crippen molar-refractivity contribution in [3.8, 4) is 0 Å². The second-order valence-corrected chi connectivity index (χ2v) is 6.30. The molecule has 1 saturated carbocycles. The third-order valence-corrected chi connectivity index (χ3v) is 5.14. The Hall–Kier alpha value is -1.38. The van der Waals surface area contributed by atoms with E-state index in [-0.39, 0.29) is 6.10 Å². The molecule has 0 aliphatic heterocycles. The Bertz CT molecular complexity index is 560. The van der Waals surface area contributed by atoms with Crippen LogP contribution in [0.3, 0.4) is 0 Å². The van der Waals surface area contributed by atoms with Crippen LogP contribution in [0, 0.1) is 11.8 Å². The highest BCUT2D eigenvalue weighted by molar-refractivity contribution is 5.33. The molecule has 4 rings (SSSR count). The Balaban J connectivity index is 1.31. The number of hydrogen-bond acceptors (Lipinski definition) is 2. The Morgan fingerprint density at radius 2 is 1.86 bits per heavy atom.